The van der Waals surface area contributed by atoms with Crippen molar-refractivity contribution in [3.05, 3.63) is 28.8 Å². The number of fused-ring (bicyclic) bond motifs is 3. The van der Waals surface area contributed by atoms with Crippen LogP contribution in [-0.2, 0) is 0 Å². The Labute approximate surface area is 133 Å². The van der Waals surface area contributed by atoms with E-state index in [4.69, 9.17) is 9.47 Å². The zero-order valence-electron chi connectivity index (χ0n) is 12.1. The first-order valence-electron chi connectivity index (χ1n) is 7.74. The van der Waals surface area contributed by atoms with Gasteiger partial charge < -0.3 is 14.8 Å². The van der Waals surface area contributed by atoms with Gasteiger partial charge in [0.15, 0.2) is 11.5 Å². The first kappa shape index (κ1) is 13.5. The maximum atomic E-state index is 5.68. The lowest BCUT2D eigenvalue weighted by atomic mass is 9.87. The Balaban J connectivity index is 1.52. The molecule has 3 aliphatic rings. The molecule has 0 spiro atoms. The molecule has 0 radical (unpaired) electrons. The van der Waals surface area contributed by atoms with Gasteiger partial charge >= 0.3 is 0 Å². The van der Waals surface area contributed by atoms with E-state index in [2.05, 4.69) is 46.4 Å². The summed E-state index contributed by atoms with van der Waals surface area (Å²) in [6.45, 7) is 3.54. The van der Waals surface area contributed by atoms with Crippen LogP contribution in [0.25, 0.3) is 0 Å². The van der Waals surface area contributed by atoms with E-state index in [-0.39, 0.29) is 0 Å². The summed E-state index contributed by atoms with van der Waals surface area (Å²) in [5, 5.41) is 3.67. The topological polar surface area (TPSA) is 30.5 Å². The van der Waals surface area contributed by atoms with Crippen LogP contribution >= 0.6 is 15.9 Å². The largest absolute Gasteiger partial charge is 0.486 e. The van der Waals surface area contributed by atoms with Crippen LogP contribution < -0.4 is 14.8 Å². The van der Waals surface area contributed by atoms with Gasteiger partial charge in [0.05, 0.1) is 5.69 Å². The van der Waals surface area contributed by atoms with Gasteiger partial charge in [-0.2, -0.15) is 0 Å². The molecule has 1 fully saturated rings. The highest BCUT2D eigenvalue weighted by molar-refractivity contribution is 9.10. The van der Waals surface area contributed by atoms with Crippen LogP contribution in [0.2, 0.25) is 0 Å². The normalized spacial score (nSPS) is 30.5. The number of nitrogens with one attached hydrogen (secondary N) is 1. The van der Waals surface area contributed by atoms with E-state index in [1.807, 2.05) is 6.07 Å². The molecule has 1 aliphatic heterocycles. The van der Waals surface area contributed by atoms with Gasteiger partial charge in [-0.1, -0.05) is 12.2 Å². The van der Waals surface area contributed by atoms with Crippen molar-refractivity contribution in [1.29, 1.82) is 0 Å². The van der Waals surface area contributed by atoms with Crippen molar-refractivity contribution in [2.24, 2.45) is 17.8 Å². The molecule has 1 heterocycles. The Bertz CT molecular complexity index is 586. The molecule has 0 saturated heterocycles. The Kier molecular flexibility index (Phi) is 3.37. The van der Waals surface area contributed by atoms with Crippen LogP contribution in [0.1, 0.15) is 19.8 Å². The zero-order valence-corrected chi connectivity index (χ0v) is 13.7. The predicted octanol–water partition coefficient (Wildman–Crippen LogP) is 4.23. The van der Waals surface area contributed by atoms with Gasteiger partial charge in [0.1, 0.15) is 13.2 Å². The lowest BCUT2D eigenvalue weighted by Crippen LogP contribution is -2.29. The maximum absolute atomic E-state index is 5.68. The number of anilines is 1. The highest BCUT2D eigenvalue weighted by Crippen LogP contribution is 2.46. The van der Waals surface area contributed by atoms with Crippen LogP contribution in [0.5, 0.6) is 11.5 Å². The highest BCUT2D eigenvalue weighted by Gasteiger charge is 2.38. The quantitative estimate of drug-likeness (QED) is 0.828. The summed E-state index contributed by atoms with van der Waals surface area (Å²) in [5.74, 6) is 3.97. The van der Waals surface area contributed by atoms with Crippen LogP contribution in [0.3, 0.4) is 0 Å². The van der Waals surface area contributed by atoms with E-state index in [1.54, 1.807) is 0 Å². The van der Waals surface area contributed by atoms with Crippen LogP contribution in [-0.4, -0.2) is 19.3 Å². The van der Waals surface area contributed by atoms with Gasteiger partial charge in [0, 0.05) is 22.6 Å². The molecule has 1 aromatic rings. The summed E-state index contributed by atoms with van der Waals surface area (Å²) in [5.41, 5.74) is 1.10. The molecule has 4 atom stereocenters. The summed E-state index contributed by atoms with van der Waals surface area (Å²) in [6, 6.07) is 4.52. The maximum Gasteiger partial charge on any atom is 0.163 e. The lowest BCUT2D eigenvalue weighted by Gasteiger charge is -2.28. The molecule has 112 valence electrons. The monoisotopic (exact) mass is 349 g/mol. The zero-order chi connectivity index (χ0) is 14.4. The van der Waals surface area contributed by atoms with Gasteiger partial charge in [-0.25, -0.2) is 0 Å². The third-order valence-electron chi connectivity index (χ3n) is 4.99. The van der Waals surface area contributed by atoms with E-state index in [0.29, 0.717) is 19.3 Å². The molecule has 21 heavy (non-hydrogen) atoms. The summed E-state index contributed by atoms with van der Waals surface area (Å²) in [6.07, 6.45) is 7.47. The molecule has 2 aliphatic carbocycles. The molecule has 2 bridgehead atoms. The molecule has 4 unspecified atom stereocenters. The van der Waals surface area contributed by atoms with Gasteiger partial charge in [-0.05, 0) is 53.4 Å². The molecule has 1 aromatic carbocycles. The molecule has 4 heteroatoms. The van der Waals surface area contributed by atoms with Gasteiger partial charge in [-0.3, -0.25) is 0 Å². The smallest absolute Gasteiger partial charge is 0.163 e. The van der Waals surface area contributed by atoms with Crippen molar-refractivity contribution in [3.63, 3.8) is 0 Å². The molecule has 0 amide bonds. The van der Waals surface area contributed by atoms with Crippen molar-refractivity contribution in [2.75, 3.05) is 18.5 Å². The van der Waals surface area contributed by atoms with E-state index in [1.165, 1.54) is 12.8 Å². The van der Waals surface area contributed by atoms with Gasteiger partial charge in [-0.15, -0.1) is 0 Å². The first-order chi connectivity index (χ1) is 10.2. The number of allylic oxidation sites excluding steroid dienone is 2. The molecular formula is C17H20BrNO2. The van der Waals surface area contributed by atoms with Crippen LogP contribution in [0.15, 0.2) is 28.8 Å². The third-order valence-corrected chi connectivity index (χ3v) is 5.64. The average molecular weight is 350 g/mol. The fourth-order valence-corrected chi connectivity index (χ4v) is 4.36. The Morgan fingerprint density at radius 2 is 1.90 bits per heavy atom. The number of ether oxygens (including phenoxy) is 2. The molecule has 4 rings (SSSR count). The number of rotatable bonds is 3. The number of benzene rings is 1. The second-order valence-corrected chi connectivity index (χ2v) is 7.21. The van der Waals surface area contributed by atoms with E-state index >= 15 is 0 Å². The van der Waals surface area contributed by atoms with Crippen molar-refractivity contribution < 1.29 is 9.47 Å². The van der Waals surface area contributed by atoms with Crippen LogP contribution in [0.4, 0.5) is 5.69 Å². The first-order valence-corrected chi connectivity index (χ1v) is 8.54. The number of hydrogen-bond acceptors (Lipinski definition) is 3. The third kappa shape index (κ3) is 2.44. The number of hydrogen-bond donors (Lipinski definition) is 1. The highest BCUT2D eigenvalue weighted by atomic mass is 79.9. The van der Waals surface area contributed by atoms with Gasteiger partial charge in [0.25, 0.3) is 0 Å². The molecule has 1 saturated carbocycles. The fourth-order valence-electron chi connectivity index (χ4n) is 3.93. The molecule has 1 N–H and O–H groups in total. The van der Waals surface area contributed by atoms with E-state index in [0.717, 1.165) is 39.4 Å². The fraction of sp³-hybridized carbons (Fsp3) is 0.529. The van der Waals surface area contributed by atoms with Crippen molar-refractivity contribution >= 4 is 21.6 Å². The minimum atomic E-state index is 0.462. The number of halogens is 1. The SMILES string of the molecule is CC(Nc1cc2c(cc1Br)OCCO2)C1CC2C=CC1C2. The van der Waals surface area contributed by atoms with Crippen molar-refractivity contribution in [1.82, 2.24) is 0 Å². The minimum Gasteiger partial charge on any atom is -0.486 e. The summed E-state index contributed by atoms with van der Waals surface area (Å²) >= 11 is 3.64. The summed E-state index contributed by atoms with van der Waals surface area (Å²) in [7, 11) is 0. The summed E-state index contributed by atoms with van der Waals surface area (Å²) in [4.78, 5) is 0. The Morgan fingerprint density at radius 3 is 2.57 bits per heavy atom. The van der Waals surface area contributed by atoms with Crippen LogP contribution in [0, 0.1) is 17.8 Å². The van der Waals surface area contributed by atoms with Gasteiger partial charge in [0.2, 0.25) is 0 Å². The van der Waals surface area contributed by atoms with E-state index in [9.17, 15) is 0 Å². The van der Waals surface area contributed by atoms with Crippen molar-refractivity contribution in [2.45, 2.75) is 25.8 Å². The lowest BCUT2D eigenvalue weighted by molar-refractivity contribution is 0.171. The predicted molar refractivity (Wildman–Crippen MR) is 87.1 cm³/mol. The van der Waals surface area contributed by atoms with Crippen molar-refractivity contribution in [3.8, 4) is 11.5 Å². The summed E-state index contributed by atoms with van der Waals surface area (Å²) < 4.78 is 12.3. The molecule has 0 aromatic heterocycles. The average Bonchev–Trinajstić information content (AvgIpc) is 3.10. The molecular weight excluding hydrogens is 330 g/mol. The second kappa shape index (κ2) is 5.24. The second-order valence-electron chi connectivity index (χ2n) is 6.35. The molecule has 3 nitrogen and oxygen atoms in total. The van der Waals surface area contributed by atoms with E-state index < -0.39 is 0 Å². The Morgan fingerprint density at radius 1 is 1.14 bits per heavy atom. The minimum absolute atomic E-state index is 0.462. The standard InChI is InChI=1S/C17H20BrNO2/c1-10(13-7-11-2-3-12(13)6-11)19-15-9-17-16(8-14(15)18)20-4-5-21-17/h2-3,8-13,19H,4-7H2,1H3. The Hall–Kier alpha value is -1.16.